The number of hydrogen-bond acceptors (Lipinski definition) is 2. The molecule has 11 aromatic carbocycles. The molecule has 0 unspecified atom stereocenters. The van der Waals surface area contributed by atoms with Gasteiger partial charge in [0.2, 0.25) is 0 Å². The Hall–Kier alpha value is -10.2. The summed E-state index contributed by atoms with van der Waals surface area (Å²) in [5, 5.41) is 7.22. The minimum absolute atomic E-state index is 0.268. The minimum Gasteiger partial charge on any atom is -0.455 e. The van der Waals surface area contributed by atoms with Gasteiger partial charge >= 0.3 is 0 Å². The molecule has 4 nitrogen and oxygen atoms in total. The van der Waals surface area contributed by atoms with E-state index in [1.807, 2.05) is 18.2 Å². The number of fused-ring (bicyclic) bond motifs is 12. The zero-order chi connectivity index (χ0) is 52.8. The fourth-order valence-electron chi connectivity index (χ4n) is 12.7. The van der Waals surface area contributed by atoms with Gasteiger partial charge in [0, 0.05) is 72.2 Å². The van der Waals surface area contributed by atoms with E-state index in [-0.39, 0.29) is 5.41 Å². The molecule has 79 heavy (non-hydrogen) atoms. The Bertz CT molecular complexity index is 4760. The normalized spacial score (nSPS) is 13.1. The largest absolute Gasteiger partial charge is 0.455 e. The predicted molar refractivity (Wildman–Crippen MR) is 333 cm³/mol. The fraction of sp³-hybridized carbons (Fsp3) is 0.0400. The summed E-state index contributed by atoms with van der Waals surface area (Å²) in [6.45, 7) is 9.03. The molecule has 3 aromatic heterocycles. The number of para-hydroxylation sites is 6. The second kappa shape index (κ2) is 18.3. The number of benzene rings is 11. The molecular formula is C75H53N3O. The van der Waals surface area contributed by atoms with Gasteiger partial charge in [-0.05, 0) is 147 Å². The lowest BCUT2D eigenvalue weighted by molar-refractivity contribution is 0.660. The Balaban J connectivity index is 0.790. The molecular weight excluding hydrogens is 959 g/mol. The molecule has 1 aliphatic rings. The molecule has 0 saturated carbocycles. The monoisotopic (exact) mass is 1010 g/mol. The first-order valence-electron chi connectivity index (χ1n) is 27.2. The first kappa shape index (κ1) is 46.2. The molecule has 0 N–H and O–H groups in total. The van der Waals surface area contributed by atoms with Crippen molar-refractivity contribution in [3.05, 3.63) is 296 Å². The zero-order valence-corrected chi connectivity index (χ0v) is 43.9. The Morgan fingerprint density at radius 3 is 1.62 bits per heavy atom. The summed E-state index contributed by atoms with van der Waals surface area (Å²) < 4.78 is 11.2. The average molecular weight is 1010 g/mol. The maximum atomic E-state index is 6.48. The van der Waals surface area contributed by atoms with Gasteiger partial charge < -0.3 is 18.5 Å². The third-order valence-corrected chi connectivity index (χ3v) is 16.6. The third-order valence-electron chi connectivity index (χ3n) is 16.6. The molecule has 374 valence electrons. The molecule has 0 saturated heterocycles. The molecule has 0 radical (unpaired) electrons. The summed E-state index contributed by atoms with van der Waals surface area (Å²) in [5.41, 5.74) is 22.6. The maximum absolute atomic E-state index is 6.48. The molecule has 0 atom stereocenters. The summed E-state index contributed by atoms with van der Waals surface area (Å²) >= 11 is 0. The summed E-state index contributed by atoms with van der Waals surface area (Å²) in [4.78, 5) is 2.31. The lowest BCUT2D eigenvalue weighted by atomic mass is 9.81. The first-order valence-corrected chi connectivity index (χ1v) is 27.2. The molecule has 0 spiro atoms. The Labute approximate surface area is 459 Å². The Morgan fingerprint density at radius 2 is 0.937 bits per heavy atom. The van der Waals surface area contributed by atoms with Crippen LogP contribution in [0.15, 0.2) is 284 Å². The van der Waals surface area contributed by atoms with Crippen molar-refractivity contribution in [1.29, 1.82) is 0 Å². The number of allylic oxidation sites excluding steroid dienone is 4. The van der Waals surface area contributed by atoms with Crippen molar-refractivity contribution in [2.45, 2.75) is 19.3 Å². The summed E-state index contributed by atoms with van der Waals surface area (Å²) in [6.07, 6.45) is 8.37. The minimum atomic E-state index is -0.268. The average Bonchev–Trinajstić information content (AvgIpc) is 4.24. The molecule has 1 aliphatic carbocycles. The van der Waals surface area contributed by atoms with Gasteiger partial charge in [-0.3, -0.25) is 0 Å². The zero-order valence-electron chi connectivity index (χ0n) is 43.9. The number of anilines is 2. The van der Waals surface area contributed by atoms with Crippen LogP contribution < -0.4 is 4.90 Å². The molecule has 0 amide bonds. The van der Waals surface area contributed by atoms with E-state index in [4.69, 9.17) is 4.42 Å². The number of rotatable bonds is 10. The Morgan fingerprint density at radius 1 is 0.430 bits per heavy atom. The predicted octanol–water partition coefficient (Wildman–Crippen LogP) is 20.3. The fourth-order valence-corrected chi connectivity index (χ4v) is 12.7. The van der Waals surface area contributed by atoms with Crippen molar-refractivity contribution in [3.63, 3.8) is 0 Å². The smallest absolute Gasteiger partial charge is 0.143 e. The van der Waals surface area contributed by atoms with Gasteiger partial charge in [0.25, 0.3) is 0 Å². The van der Waals surface area contributed by atoms with E-state index < -0.39 is 0 Å². The quantitative estimate of drug-likeness (QED) is 0.128. The molecule has 15 rings (SSSR count). The van der Waals surface area contributed by atoms with Crippen LogP contribution in [-0.4, -0.2) is 9.13 Å². The van der Waals surface area contributed by atoms with Crippen molar-refractivity contribution >= 4 is 82.5 Å². The van der Waals surface area contributed by atoms with Gasteiger partial charge in [-0.25, -0.2) is 0 Å². The topological polar surface area (TPSA) is 26.2 Å². The van der Waals surface area contributed by atoms with Crippen molar-refractivity contribution in [1.82, 2.24) is 9.13 Å². The molecule has 0 aliphatic heterocycles. The Kier molecular flexibility index (Phi) is 10.7. The van der Waals surface area contributed by atoms with E-state index in [9.17, 15) is 0 Å². The van der Waals surface area contributed by atoms with E-state index >= 15 is 0 Å². The van der Waals surface area contributed by atoms with Crippen LogP contribution in [0.4, 0.5) is 11.4 Å². The van der Waals surface area contributed by atoms with E-state index in [2.05, 4.69) is 289 Å². The molecule has 4 heteroatoms. The van der Waals surface area contributed by atoms with Gasteiger partial charge in [0.05, 0.1) is 22.1 Å². The van der Waals surface area contributed by atoms with Crippen molar-refractivity contribution < 1.29 is 4.42 Å². The van der Waals surface area contributed by atoms with Crippen molar-refractivity contribution in [3.8, 4) is 44.8 Å². The highest BCUT2D eigenvalue weighted by Crippen LogP contribution is 2.51. The SMILES string of the molecule is C=CC(=CC=CN(c1ccc(-c2ccc(-n3c4ccccc4c4ccccc43)cc2)cc1)c1ccc2c(c1)C(C)(C)c1cc(-c3ccc4c(c3)c3ccccc3n4-c3ccccc3)ccc1-2)c1cccc2c1oc1ccccc12. The second-order valence-electron chi connectivity index (χ2n) is 21.3. The van der Waals surface area contributed by atoms with E-state index in [1.165, 1.54) is 77.0 Å². The van der Waals surface area contributed by atoms with Crippen LogP contribution in [0.2, 0.25) is 0 Å². The standard InChI is InChI=1S/C75H53N3O/c1-4-49(58-25-16-26-65-64-24-11-15-30-73(64)79-74(58)65)18-17-45-76(54-37-31-50(32-38-54)51-33-39-56(40-34-51)78-69-27-12-8-21-61(69)62-22-9-13-28-70(62)78)57-41-43-60-59-42-35-53(47-67(59)75(2,3)68(60)48-57)52-36-44-72-66(46-52)63-23-10-14-29-71(63)77(72)55-19-6-5-7-20-55/h4-48H,1H2,2-3H3. The lowest BCUT2D eigenvalue weighted by Crippen LogP contribution is -2.16. The van der Waals surface area contributed by atoms with E-state index in [0.717, 1.165) is 67.0 Å². The number of aromatic nitrogens is 2. The van der Waals surface area contributed by atoms with Gasteiger partial charge in [0.15, 0.2) is 0 Å². The highest BCUT2D eigenvalue weighted by Gasteiger charge is 2.36. The number of hydrogen-bond donors (Lipinski definition) is 0. The van der Waals surface area contributed by atoms with Gasteiger partial charge in [-0.2, -0.15) is 0 Å². The lowest BCUT2D eigenvalue weighted by Gasteiger charge is -2.26. The van der Waals surface area contributed by atoms with Crippen LogP contribution >= 0.6 is 0 Å². The number of nitrogens with zero attached hydrogens (tertiary/aromatic N) is 3. The third kappa shape index (κ3) is 7.44. The van der Waals surface area contributed by atoms with Crippen molar-refractivity contribution in [2.75, 3.05) is 4.90 Å². The van der Waals surface area contributed by atoms with E-state index in [0.29, 0.717) is 0 Å². The van der Waals surface area contributed by atoms with Crippen LogP contribution in [0.5, 0.6) is 0 Å². The van der Waals surface area contributed by atoms with Gasteiger partial charge in [-0.1, -0.05) is 190 Å². The summed E-state index contributed by atoms with van der Waals surface area (Å²) in [5.74, 6) is 0. The highest BCUT2D eigenvalue weighted by atomic mass is 16.3. The first-order chi connectivity index (χ1) is 38.9. The van der Waals surface area contributed by atoms with Crippen LogP contribution in [0.25, 0.3) is 116 Å². The van der Waals surface area contributed by atoms with Crippen LogP contribution in [0, 0.1) is 0 Å². The van der Waals surface area contributed by atoms with Crippen molar-refractivity contribution in [2.24, 2.45) is 0 Å². The highest BCUT2D eigenvalue weighted by molar-refractivity contribution is 6.12. The van der Waals surface area contributed by atoms with Crippen LogP contribution in [-0.2, 0) is 5.41 Å². The van der Waals surface area contributed by atoms with Gasteiger partial charge in [0.1, 0.15) is 11.2 Å². The summed E-state index contributed by atoms with van der Waals surface area (Å²) in [7, 11) is 0. The van der Waals surface area contributed by atoms with Crippen LogP contribution in [0.1, 0.15) is 30.5 Å². The van der Waals surface area contributed by atoms with Crippen LogP contribution in [0.3, 0.4) is 0 Å². The second-order valence-corrected chi connectivity index (χ2v) is 21.3. The summed E-state index contributed by atoms with van der Waals surface area (Å²) in [6, 6.07) is 90.3. The van der Waals surface area contributed by atoms with Gasteiger partial charge in [-0.15, -0.1) is 0 Å². The van der Waals surface area contributed by atoms with E-state index in [1.54, 1.807) is 0 Å². The molecule has 0 fully saturated rings. The molecule has 0 bridgehead atoms. The molecule has 14 aromatic rings. The number of furan rings is 1. The maximum Gasteiger partial charge on any atom is 0.143 e. The molecule has 3 heterocycles.